The summed E-state index contributed by atoms with van der Waals surface area (Å²) in [6.45, 7) is 0.925. The van der Waals surface area contributed by atoms with Crippen LogP contribution in [0.5, 0.6) is 0 Å². The van der Waals surface area contributed by atoms with E-state index < -0.39 is 29.8 Å². The molecule has 124 valence electrons. The zero-order valence-corrected chi connectivity index (χ0v) is 14.1. The number of fused-ring (bicyclic) bond motifs is 5. The maximum Gasteiger partial charge on any atom is 0.241 e. The van der Waals surface area contributed by atoms with Crippen LogP contribution in [-0.4, -0.2) is 43.0 Å². The third-order valence-corrected chi connectivity index (χ3v) is 5.68. The lowest BCUT2D eigenvalue weighted by molar-refractivity contribution is -0.180. The van der Waals surface area contributed by atoms with Crippen LogP contribution in [0, 0.1) is 11.8 Å². The van der Waals surface area contributed by atoms with Gasteiger partial charge in [-0.15, -0.1) is 0 Å². The zero-order valence-electron chi connectivity index (χ0n) is 12.6. The van der Waals surface area contributed by atoms with Crippen LogP contribution in [0.2, 0.25) is 0 Å². The lowest BCUT2D eigenvalue weighted by Crippen LogP contribution is -2.49. The number of benzene rings is 1. The van der Waals surface area contributed by atoms with E-state index in [0.717, 1.165) is 4.47 Å². The fourth-order valence-electron chi connectivity index (χ4n) is 4.17. The summed E-state index contributed by atoms with van der Waals surface area (Å²) in [5, 5.41) is 0. The Hall–Kier alpha value is -1.54. The van der Waals surface area contributed by atoms with Crippen LogP contribution in [0.15, 0.2) is 40.9 Å². The molecule has 2 amide bonds. The maximum absolute atomic E-state index is 13.1. The Kier molecular flexibility index (Phi) is 3.07. The molecule has 5 rings (SSSR count). The SMILES string of the molecule is O=C1[C@@H]2[C@H]3C=C[C@@](C4OCCO4)(O3)[C@H]2C(=O)N1c1ccc(Br)cc1. The molecule has 4 heterocycles. The Bertz CT molecular complexity index is 757. The number of hydrogen-bond donors (Lipinski definition) is 0. The van der Waals surface area contributed by atoms with Crippen LogP contribution in [0.1, 0.15) is 0 Å². The van der Waals surface area contributed by atoms with Crippen LogP contribution in [-0.2, 0) is 23.8 Å². The molecule has 2 bridgehead atoms. The Morgan fingerprint density at radius 2 is 1.79 bits per heavy atom. The molecule has 1 aromatic carbocycles. The molecule has 0 radical (unpaired) electrons. The van der Waals surface area contributed by atoms with Gasteiger partial charge in [0, 0.05) is 4.47 Å². The first-order valence-corrected chi connectivity index (χ1v) is 8.65. The molecule has 0 unspecified atom stereocenters. The third-order valence-electron chi connectivity index (χ3n) is 5.15. The van der Waals surface area contributed by atoms with E-state index >= 15 is 0 Å². The molecule has 4 aliphatic heterocycles. The summed E-state index contributed by atoms with van der Waals surface area (Å²) < 4.78 is 18.1. The average Bonchev–Trinajstić information content (AvgIpc) is 3.33. The molecule has 3 fully saturated rings. The summed E-state index contributed by atoms with van der Waals surface area (Å²) in [6, 6.07) is 7.14. The van der Waals surface area contributed by atoms with E-state index in [1.54, 1.807) is 12.1 Å². The minimum atomic E-state index is -0.997. The minimum absolute atomic E-state index is 0.221. The third kappa shape index (κ3) is 1.75. The highest BCUT2D eigenvalue weighted by molar-refractivity contribution is 9.10. The van der Waals surface area contributed by atoms with E-state index in [-0.39, 0.29) is 11.8 Å². The highest BCUT2D eigenvalue weighted by Crippen LogP contribution is 2.55. The number of carbonyl (C=O) groups is 2. The van der Waals surface area contributed by atoms with Crippen LogP contribution in [0.4, 0.5) is 5.69 Å². The minimum Gasteiger partial charge on any atom is -0.357 e. The van der Waals surface area contributed by atoms with Crippen LogP contribution in [0.3, 0.4) is 0 Å². The lowest BCUT2D eigenvalue weighted by Gasteiger charge is -2.32. The topological polar surface area (TPSA) is 65.1 Å². The van der Waals surface area contributed by atoms with Crippen molar-refractivity contribution in [3.8, 4) is 0 Å². The number of imide groups is 1. The van der Waals surface area contributed by atoms with Gasteiger partial charge in [-0.25, -0.2) is 4.90 Å². The van der Waals surface area contributed by atoms with Gasteiger partial charge < -0.3 is 14.2 Å². The largest absolute Gasteiger partial charge is 0.357 e. The number of rotatable bonds is 2. The zero-order chi connectivity index (χ0) is 16.5. The second-order valence-electron chi connectivity index (χ2n) is 6.36. The first-order chi connectivity index (χ1) is 11.6. The van der Waals surface area contributed by atoms with Gasteiger partial charge in [0.05, 0.1) is 36.8 Å². The van der Waals surface area contributed by atoms with Crippen molar-refractivity contribution in [2.75, 3.05) is 18.1 Å². The van der Waals surface area contributed by atoms with Gasteiger partial charge >= 0.3 is 0 Å². The Morgan fingerprint density at radius 1 is 1.08 bits per heavy atom. The van der Waals surface area contributed by atoms with Gasteiger partial charge in [0.25, 0.3) is 0 Å². The fraction of sp³-hybridized carbons (Fsp3) is 0.412. The summed E-state index contributed by atoms with van der Waals surface area (Å²) in [5.41, 5.74) is -0.423. The van der Waals surface area contributed by atoms with Crippen molar-refractivity contribution in [1.29, 1.82) is 0 Å². The van der Waals surface area contributed by atoms with Crippen LogP contribution >= 0.6 is 15.9 Å². The smallest absolute Gasteiger partial charge is 0.241 e. The molecule has 6 nitrogen and oxygen atoms in total. The molecule has 7 heteroatoms. The number of nitrogens with zero attached hydrogens (tertiary/aromatic N) is 1. The maximum atomic E-state index is 13.1. The summed E-state index contributed by atoms with van der Waals surface area (Å²) in [6.07, 6.45) is 2.64. The molecule has 4 atom stereocenters. The quantitative estimate of drug-likeness (QED) is 0.566. The van der Waals surface area contributed by atoms with Gasteiger partial charge in [-0.3, -0.25) is 9.59 Å². The molecule has 0 aliphatic carbocycles. The van der Waals surface area contributed by atoms with E-state index in [4.69, 9.17) is 14.2 Å². The Balaban J connectivity index is 1.56. The standard InChI is InChI=1S/C17H14BrNO5/c18-9-1-3-10(4-2-9)19-14(20)12-11-5-6-17(24-11,13(12)15(19)21)16-22-7-8-23-16/h1-6,11-13,16H,7-8H2/t11-,12-,13-,17-/m1/s1. The van der Waals surface area contributed by atoms with Gasteiger partial charge in [0.15, 0.2) is 11.9 Å². The van der Waals surface area contributed by atoms with Crippen molar-refractivity contribution in [3.63, 3.8) is 0 Å². The first kappa shape index (κ1) is 14.8. The molecule has 0 saturated carbocycles. The van der Waals surface area contributed by atoms with E-state index in [9.17, 15) is 9.59 Å². The number of anilines is 1. The highest BCUT2D eigenvalue weighted by Gasteiger charge is 2.71. The highest BCUT2D eigenvalue weighted by atomic mass is 79.9. The van der Waals surface area contributed by atoms with Crippen molar-refractivity contribution in [2.24, 2.45) is 11.8 Å². The number of hydrogen-bond acceptors (Lipinski definition) is 5. The second-order valence-corrected chi connectivity index (χ2v) is 7.28. The van der Waals surface area contributed by atoms with Crippen molar-refractivity contribution in [2.45, 2.75) is 18.0 Å². The Labute approximate surface area is 146 Å². The number of halogens is 1. The fourth-order valence-corrected chi connectivity index (χ4v) is 4.43. The lowest BCUT2D eigenvalue weighted by atomic mass is 9.76. The number of amides is 2. The molecule has 24 heavy (non-hydrogen) atoms. The Morgan fingerprint density at radius 3 is 2.50 bits per heavy atom. The molecule has 3 saturated heterocycles. The van der Waals surface area contributed by atoms with Crippen molar-refractivity contribution in [1.82, 2.24) is 0 Å². The predicted molar refractivity (Wildman–Crippen MR) is 86.1 cm³/mol. The molecule has 0 aromatic heterocycles. The number of ether oxygens (including phenoxy) is 3. The average molecular weight is 392 g/mol. The summed E-state index contributed by atoms with van der Waals surface area (Å²) in [4.78, 5) is 27.3. The molecule has 0 N–H and O–H groups in total. The second kappa shape index (κ2) is 4.98. The predicted octanol–water partition coefficient (Wildman–Crippen LogP) is 1.63. The van der Waals surface area contributed by atoms with Gasteiger partial charge in [-0.2, -0.15) is 0 Å². The van der Waals surface area contributed by atoms with Gasteiger partial charge in [-0.1, -0.05) is 22.0 Å². The van der Waals surface area contributed by atoms with E-state index in [2.05, 4.69) is 15.9 Å². The molecular weight excluding hydrogens is 378 g/mol. The van der Waals surface area contributed by atoms with Gasteiger partial charge in [0.2, 0.25) is 11.8 Å². The monoisotopic (exact) mass is 391 g/mol. The van der Waals surface area contributed by atoms with Crippen molar-refractivity contribution < 1.29 is 23.8 Å². The van der Waals surface area contributed by atoms with Crippen molar-refractivity contribution in [3.05, 3.63) is 40.9 Å². The number of carbonyl (C=O) groups excluding carboxylic acids is 2. The normalized spacial score (nSPS) is 37.7. The molecule has 0 spiro atoms. The van der Waals surface area contributed by atoms with E-state index in [1.165, 1.54) is 4.90 Å². The summed E-state index contributed by atoms with van der Waals surface area (Å²) in [7, 11) is 0. The van der Waals surface area contributed by atoms with Gasteiger partial charge in [0.1, 0.15) is 0 Å². The van der Waals surface area contributed by atoms with Crippen LogP contribution in [0.25, 0.3) is 0 Å². The van der Waals surface area contributed by atoms with Crippen molar-refractivity contribution >= 4 is 33.4 Å². The first-order valence-electron chi connectivity index (χ1n) is 7.85. The van der Waals surface area contributed by atoms with Gasteiger partial charge in [-0.05, 0) is 30.3 Å². The summed E-state index contributed by atoms with van der Waals surface area (Å²) in [5.74, 6) is -1.59. The molecule has 1 aromatic rings. The molecule has 4 aliphatic rings. The molecular formula is C17H14BrNO5. The van der Waals surface area contributed by atoms with E-state index in [0.29, 0.717) is 18.9 Å². The van der Waals surface area contributed by atoms with E-state index in [1.807, 2.05) is 24.3 Å². The summed E-state index contributed by atoms with van der Waals surface area (Å²) >= 11 is 3.36. The van der Waals surface area contributed by atoms with Crippen LogP contribution < -0.4 is 4.90 Å².